The molecule has 1 aliphatic heterocycles. The number of hydrogen-bond acceptors (Lipinski definition) is 3. The molecular formula is C21H34N2O. The number of nitrogens with one attached hydrogen (secondary N) is 1. The van der Waals surface area contributed by atoms with Gasteiger partial charge in [0.1, 0.15) is 5.75 Å². The van der Waals surface area contributed by atoms with Crippen LogP contribution in [0, 0.1) is 0 Å². The molecule has 0 unspecified atom stereocenters. The first kappa shape index (κ1) is 19.0. The smallest absolute Gasteiger partial charge is 0.124 e. The van der Waals surface area contributed by atoms with E-state index < -0.39 is 0 Å². The molecule has 1 atom stereocenters. The molecule has 0 bridgehead atoms. The summed E-state index contributed by atoms with van der Waals surface area (Å²) in [6, 6.07) is 4.41. The summed E-state index contributed by atoms with van der Waals surface area (Å²) in [4.78, 5) is 2.40. The van der Waals surface area contributed by atoms with Crippen molar-refractivity contribution in [3.05, 3.63) is 41.5 Å². The largest absolute Gasteiger partial charge is 0.507 e. The van der Waals surface area contributed by atoms with Crippen molar-refractivity contribution in [1.82, 2.24) is 10.2 Å². The van der Waals surface area contributed by atoms with Gasteiger partial charge in [0, 0.05) is 31.7 Å². The van der Waals surface area contributed by atoms with E-state index in [1.807, 2.05) is 6.08 Å². The van der Waals surface area contributed by atoms with Crippen LogP contribution in [0.3, 0.4) is 0 Å². The predicted octanol–water partition coefficient (Wildman–Crippen LogP) is 4.12. The van der Waals surface area contributed by atoms with Crippen LogP contribution >= 0.6 is 0 Å². The van der Waals surface area contributed by atoms with Crippen LogP contribution in [0.1, 0.15) is 64.3 Å². The molecule has 1 heterocycles. The van der Waals surface area contributed by atoms with Crippen LogP contribution in [0.2, 0.25) is 0 Å². The summed E-state index contributed by atoms with van der Waals surface area (Å²) >= 11 is 0. The second-order valence-corrected chi connectivity index (χ2v) is 8.93. The zero-order chi connectivity index (χ0) is 18.1. The third kappa shape index (κ3) is 4.01. The van der Waals surface area contributed by atoms with Crippen molar-refractivity contribution in [2.45, 2.75) is 58.4 Å². The highest BCUT2D eigenvalue weighted by molar-refractivity contribution is 5.51. The Balaban J connectivity index is 2.60. The Labute approximate surface area is 147 Å². The van der Waals surface area contributed by atoms with Crippen LogP contribution in [0.25, 0.3) is 0 Å². The van der Waals surface area contributed by atoms with Crippen molar-refractivity contribution in [1.29, 1.82) is 0 Å². The second kappa shape index (κ2) is 6.89. The molecule has 0 saturated carbocycles. The van der Waals surface area contributed by atoms with Gasteiger partial charge in [-0.3, -0.25) is 4.90 Å². The van der Waals surface area contributed by atoms with Crippen LogP contribution in [0.5, 0.6) is 5.75 Å². The lowest BCUT2D eigenvalue weighted by Crippen LogP contribution is -2.44. The second-order valence-electron chi connectivity index (χ2n) is 8.93. The van der Waals surface area contributed by atoms with Crippen LogP contribution in [-0.2, 0) is 10.8 Å². The molecule has 0 radical (unpaired) electrons. The summed E-state index contributed by atoms with van der Waals surface area (Å²) in [6.45, 7) is 21.1. The number of piperazine rings is 1. The summed E-state index contributed by atoms with van der Waals surface area (Å²) in [5.41, 5.74) is 3.21. The average Bonchev–Trinajstić information content (AvgIpc) is 2.48. The SMILES string of the molecule is C=C[C@H](c1cc(C(C)(C)C)cc(C(C)(C)C)c1O)N1CCNCC1. The monoisotopic (exact) mass is 330 g/mol. The van der Waals surface area contributed by atoms with Gasteiger partial charge in [0.2, 0.25) is 0 Å². The minimum atomic E-state index is -0.102. The van der Waals surface area contributed by atoms with Gasteiger partial charge in [-0.05, 0) is 28.0 Å². The Kier molecular flexibility index (Phi) is 5.46. The molecule has 0 amide bonds. The van der Waals surface area contributed by atoms with E-state index in [0.29, 0.717) is 5.75 Å². The predicted molar refractivity (Wildman–Crippen MR) is 103 cm³/mol. The first-order valence-electron chi connectivity index (χ1n) is 9.01. The molecule has 1 aromatic rings. The first-order valence-corrected chi connectivity index (χ1v) is 9.01. The summed E-state index contributed by atoms with van der Waals surface area (Å²) in [5, 5.41) is 14.4. The van der Waals surface area contributed by atoms with Crippen LogP contribution in [0.15, 0.2) is 24.8 Å². The zero-order valence-corrected chi connectivity index (χ0v) is 16.2. The molecule has 1 fully saturated rings. The van der Waals surface area contributed by atoms with Gasteiger partial charge in [0.25, 0.3) is 0 Å². The fourth-order valence-corrected chi connectivity index (χ4v) is 3.32. The maximum atomic E-state index is 11.1. The first-order chi connectivity index (χ1) is 11.1. The van der Waals surface area contributed by atoms with Gasteiger partial charge in [-0.2, -0.15) is 0 Å². The molecule has 2 rings (SSSR count). The Morgan fingerprint density at radius 3 is 2.12 bits per heavy atom. The number of phenolic OH excluding ortho intramolecular Hbond substituents is 1. The molecule has 24 heavy (non-hydrogen) atoms. The van der Waals surface area contributed by atoms with Crippen molar-refractivity contribution < 1.29 is 5.11 Å². The van der Waals surface area contributed by atoms with Gasteiger partial charge in [-0.1, -0.05) is 53.7 Å². The molecule has 0 spiro atoms. The highest BCUT2D eigenvalue weighted by Gasteiger charge is 2.29. The van der Waals surface area contributed by atoms with Gasteiger partial charge >= 0.3 is 0 Å². The summed E-state index contributed by atoms with van der Waals surface area (Å²) in [5.74, 6) is 0.430. The number of phenols is 1. The lowest BCUT2D eigenvalue weighted by molar-refractivity contribution is 0.200. The molecule has 134 valence electrons. The van der Waals surface area contributed by atoms with E-state index in [2.05, 4.69) is 70.5 Å². The van der Waals surface area contributed by atoms with Gasteiger partial charge in [0.05, 0.1) is 6.04 Å². The quantitative estimate of drug-likeness (QED) is 0.818. The number of rotatable bonds is 3. The Hall–Kier alpha value is -1.32. The zero-order valence-electron chi connectivity index (χ0n) is 16.2. The van der Waals surface area contributed by atoms with E-state index in [4.69, 9.17) is 0 Å². The molecule has 3 heteroatoms. The topological polar surface area (TPSA) is 35.5 Å². The van der Waals surface area contributed by atoms with E-state index in [1.54, 1.807) is 0 Å². The highest BCUT2D eigenvalue weighted by atomic mass is 16.3. The number of hydrogen-bond donors (Lipinski definition) is 2. The van der Waals surface area contributed by atoms with Crippen molar-refractivity contribution in [3.8, 4) is 5.75 Å². The highest BCUT2D eigenvalue weighted by Crippen LogP contribution is 2.41. The number of aromatic hydroxyl groups is 1. The fourth-order valence-electron chi connectivity index (χ4n) is 3.32. The van der Waals surface area contributed by atoms with Gasteiger partial charge in [-0.15, -0.1) is 6.58 Å². The normalized spacial score (nSPS) is 18.4. The van der Waals surface area contributed by atoms with Crippen molar-refractivity contribution >= 4 is 0 Å². The van der Waals surface area contributed by atoms with Crippen molar-refractivity contribution in [2.24, 2.45) is 0 Å². The maximum Gasteiger partial charge on any atom is 0.124 e. The van der Waals surface area contributed by atoms with Crippen molar-refractivity contribution in [2.75, 3.05) is 26.2 Å². The number of nitrogens with zero attached hydrogens (tertiary/aromatic N) is 1. The molecule has 1 saturated heterocycles. The fraction of sp³-hybridized carbons (Fsp3) is 0.619. The maximum absolute atomic E-state index is 11.1. The van der Waals surface area contributed by atoms with Crippen LogP contribution < -0.4 is 5.32 Å². The van der Waals surface area contributed by atoms with E-state index >= 15 is 0 Å². The molecule has 0 aromatic heterocycles. The third-order valence-corrected chi connectivity index (χ3v) is 4.90. The summed E-state index contributed by atoms with van der Waals surface area (Å²) in [7, 11) is 0. The van der Waals surface area contributed by atoms with E-state index in [0.717, 1.165) is 37.3 Å². The third-order valence-electron chi connectivity index (χ3n) is 4.90. The molecule has 2 N–H and O–H groups in total. The standard InChI is InChI=1S/C21H34N2O/c1-8-18(23-11-9-22-10-12-23)16-13-15(20(2,3)4)14-17(19(16)24)21(5,6)7/h8,13-14,18,22,24H,1,9-12H2,2-7H3/t18-/m1/s1. The van der Waals surface area contributed by atoms with Gasteiger partial charge in [-0.25, -0.2) is 0 Å². The molecule has 3 nitrogen and oxygen atoms in total. The summed E-state index contributed by atoms with van der Waals surface area (Å²) < 4.78 is 0. The van der Waals surface area contributed by atoms with Gasteiger partial charge in [0.15, 0.2) is 0 Å². The van der Waals surface area contributed by atoms with E-state index in [9.17, 15) is 5.11 Å². The molecule has 1 aromatic carbocycles. The Morgan fingerprint density at radius 2 is 1.67 bits per heavy atom. The molecular weight excluding hydrogens is 296 g/mol. The van der Waals surface area contributed by atoms with E-state index in [1.165, 1.54) is 5.56 Å². The summed E-state index contributed by atoms with van der Waals surface area (Å²) in [6.07, 6.45) is 1.97. The van der Waals surface area contributed by atoms with Crippen molar-refractivity contribution in [3.63, 3.8) is 0 Å². The lowest BCUT2D eigenvalue weighted by Gasteiger charge is -2.36. The number of benzene rings is 1. The average molecular weight is 331 g/mol. The minimum absolute atomic E-state index is 0.0393. The van der Waals surface area contributed by atoms with Gasteiger partial charge < -0.3 is 10.4 Å². The van der Waals surface area contributed by atoms with Crippen LogP contribution in [0.4, 0.5) is 0 Å². The Bertz CT molecular complexity index is 587. The lowest BCUT2D eigenvalue weighted by atomic mass is 9.78. The van der Waals surface area contributed by atoms with Crippen LogP contribution in [-0.4, -0.2) is 36.2 Å². The Morgan fingerprint density at radius 1 is 1.08 bits per heavy atom. The molecule has 1 aliphatic rings. The molecule has 0 aliphatic carbocycles. The van der Waals surface area contributed by atoms with E-state index in [-0.39, 0.29) is 16.9 Å². The minimum Gasteiger partial charge on any atom is -0.507 e.